The minimum Gasteiger partial charge on any atom is -0.476 e. The van der Waals surface area contributed by atoms with E-state index in [0.29, 0.717) is 5.69 Å². The Hall–Kier alpha value is -1.69. The summed E-state index contributed by atoms with van der Waals surface area (Å²) in [5.41, 5.74) is 1.19. The Bertz CT molecular complexity index is 533. The summed E-state index contributed by atoms with van der Waals surface area (Å²) >= 11 is 3.31. The van der Waals surface area contributed by atoms with E-state index in [1.54, 1.807) is 19.2 Å². The summed E-state index contributed by atoms with van der Waals surface area (Å²) in [5.74, 6) is -1.04. The zero-order valence-electron chi connectivity index (χ0n) is 8.38. The molecule has 1 heterocycles. The molecule has 6 heteroatoms. The van der Waals surface area contributed by atoms with Crippen molar-refractivity contribution >= 4 is 21.9 Å². The average molecular weight is 282 g/mol. The van der Waals surface area contributed by atoms with Gasteiger partial charge in [-0.15, -0.1) is 5.10 Å². The van der Waals surface area contributed by atoms with Crippen molar-refractivity contribution in [3.63, 3.8) is 0 Å². The van der Waals surface area contributed by atoms with Crippen LogP contribution < -0.4 is 0 Å². The summed E-state index contributed by atoms with van der Waals surface area (Å²) in [6.07, 6.45) is 0. The van der Waals surface area contributed by atoms with Crippen molar-refractivity contribution in [2.45, 2.75) is 0 Å². The molecule has 0 bridgehead atoms. The van der Waals surface area contributed by atoms with Crippen molar-refractivity contribution in [1.29, 1.82) is 0 Å². The molecular weight excluding hydrogens is 274 g/mol. The predicted molar refractivity (Wildman–Crippen MR) is 61.1 cm³/mol. The highest BCUT2D eigenvalue weighted by molar-refractivity contribution is 9.10. The zero-order chi connectivity index (χ0) is 11.7. The van der Waals surface area contributed by atoms with Gasteiger partial charge in [0.2, 0.25) is 0 Å². The largest absolute Gasteiger partial charge is 0.476 e. The zero-order valence-corrected chi connectivity index (χ0v) is 9.97. The highest BCUT2D eigenvalue weighted by atomic mass is 79.9. The first-order valence-electron chi connectivity index (χ1n) is 4.48. The van der Waals surface area contributed by atoms with Crippen molar-refractivity contribution in [3.05, 3.63) is 34.4 Å². The Kier molecular flexibility index (Phi) is 2.74. The van der Waals surface area contributed by atoms with Crippen LogP contribution in [0, 0.1) is 0 Å². The van der Waals surface area contributed by atoms with E-state index in [4.69, 9.17) is 5.11 Å². The van der Waals surface area contributed by atoms with Crippen LogP contribution in [0.3, 0.4) is 0 Å². The molecule has 0 aliphatic carbocycles. The molecule has 0 fully saturated rings. The van der Waals surface area contributed by atoms with Crippen molar-refractivity contribution in [2.24, 2.45) is 7.05 Å². The molecular formula is C10H8BrN3O2. The number of benzene rings is 1. The second kappa shape index (κ2) is 4.05. The average Bonchev–Trinajstić information content (AvgIpc) is 2.61. The number of nitrogens with zero attached hydrogens (tertiary/aromatic N) is 3. The van der Waals surface area contributed by atoms with E-state index in [1.807, 2.05) is 12.1 Å². The number of carboxylic acids is 1. The molecule has 0 saturated carbocycles. The van der Waals surface area contributed by atoms with Crippen LogP contribution in [-0.2, 0) is 7.05 Å². The van der Waals surface area contributed by atoms with Crippen LogP contribution >= 0.6 is 15.9 Å². The lowest BCUT2D eigenvalue weighted by Crippen LogP contribution is -2.06. The number of rotatable bonds is 2. The molecule has 0 atom stereocenters. The third kappa shape index (κ3) is 1.83. The molecule has 0 saturated heterocycles. The van der Waals surface area contributed by atoms with Crippen LogP contribution in [0.15, 0.2) is 28.7 Å². The minimum atomic E-state index is -1.04. The molecule has 0 amide bonds. The lowest BCUT2D eigenvalue weighted by Gasteiger charge is -1.99. The second-order valence-electron chi connectivity index (χ2n) is 3.22. The van der Waals surface area contributed by atoms with Crippen LogP contribution in [0.5, 0.6) is 0 Å². The molecule has 0 aliphatic rings. The van der Waals surface area contributed by atoms with Crippen LogP contribution in [0.4, 0.5) is 0 Å². The molecule has 82 valence electrons. The third-order valence-corrected chi connectivity index (χ3v) is 2.68. The van der Waals surface area contributed by atoms with Gasteiger partial charge in [0.25, 0.3) is 0 Å². The molecule has 5 nitrogen and oxygen atoms in total. The highest BCUT2D eigenvalue weighted by Crippen LogP contribution is 2.22. The number of aryl methyl sites for hydroxylation is 1. The molecule has 2 rings (SSSR count). The quantitative estimate of drug-likeness (QED) is 0.914. The minimum absolute atomic E-state index is 0.0855. The Labute approximate surface area is 99.8 Å². The molecule has 0 spiro atoms. The topological polar surface area (TPSA) is 68.0 Å². The Morgan fingerprint density at radius 3 is 2.56 bits per heavy atom. The van der Waals surface area contributed by atoms with Gasteiger partial charge in [-0.2, -0.15) is 0 Å². The lowest BCUT2D eigenvalue weighted by atomic mass is 10.1. The maximum absolute atomic E-state index is 11.0. The fourth-order valence-corrected chi connectivity index (χ4v) is 1.66. The van der Waals surface area contributed by atoms with Crippen molar-refractivity contribution in [3.8, 4) is 11.3 Å². The summed E-state index contributed by atoms with van der Waals surface area (Å²) in [7, 11) is 1.55. The molecule has 2 aromatic rings. The summed E-state index contributed by atoms with van der Waals surface area (Å²) in [5, 5.41) is 16.6. The number of hydrogen-bond acceptors (Lipinski definition) is 3. The van der Waals surface area contributed by atoms with Gasteiger partial charge in [0.1, 0.15) is 5.69 Å². The Balaban J connectivity index is 2.56. The van der Waals surface area contributed by atoms with E-state index in [0.717, 1.165) is 10.0 Å². The van der Waals surface area contributed by atoms with Crippen LogP contribution in [0.1, 0.15) is 10.5 Å². The number of aromatic carboxylic acids is 1. The van der Waals surface area contributed by atoms with E-state index in [2.05, 4.69) is 26.2 Å². The first-order valence-corrected chi connectivity index (χ1v) is 5.28. The SMILES string of the molecule is Cn1nnc(-c2ccc(Br)cc2)c1C(=O)O. The summed E-state index contributed by atoms with van der Waals surface area (Å²) in [6.45, 7) is 0. The van der Waals surface area contributed by atoms with Gasteiger partial charge < -0.3 is 5.11 Å². The van der Waals surface area contributed by atoms with E-state index in [9.17, 15) is 4.79 Å². The van der Waals surface area contributed by atoms with E-state index in [-0.39, 0.29) is 5.69 Å². The van der Waals surface area contributed by atoms with Gasteiger partial charge in [-0.25, -0.2) is 9.48 Å². The van der Waals surface area contributed by atoms with Crippen LogP contribution in [-0.4, -0.2) is 26.1 Å². The molecule has 0 radical (unpaired) electrons. The van der Waals surface area contributed by atoms with E-state index < -0.39 is 5.97 Å². The number of aromatic nitrogens is 3. The van der Waals surface area contributed by atoms with E-state index >= 15 is 0 Å². The Morgan fingerprint density at radius 1 is 1.38 bits per heavy atom. The highest BCUT2D eigenvalue weighted by Gasteiger charge is 2.18. The number of halogens is 1. The van der Waals surface area contributed by atoms with Gasteiger partial charge in [-0.05, 0) is 12.1 Å². The lowest BCUT2D eigenvalue weighted by molar-refractivity contribution is 0.0686. The fourth-order valence-electron chi connectivity index (χ4n) is 1.40. The van der Waals surface area contributed by atoms with Crippen molar-refractivity contribution in [1.82, 2.24) is 15.0 Å². The van der Waals surface area contributed by atoms with Crippen LogP contribution in [0.25, 0.3) is 11.3 Å². The maximum atomic E-state index is 11.0. The Morgan fingerprint density at radius 2 is 2.00 bits per heavy atom. The normalized spacial score (nSPS) is 10.4. The van der Waals surface area contributed by atoms with Gasteiger partial charge >= 0.3 is 5.97 Å². The predicted octanol–water partition coefficient (Wildman–Crippen LogP) is 1.94. The molecule has 1 aromatic carbocycles. The van der Waals surface area contributed by atoms with Gasteiger partial charge in [-0.3, -0.25) is 0 Å². The number of carboxylic acid groups (broad SMARTS) is 1. The molecule has 0 unspecified atom stereocenters. The summed E-state index contributed by atoms with van der Waals surface area (Å²) in [6, 6.07) is 7.24. The van der Waals surface area contributed by atoms with Crippen molar-refractivity contribution in [2.75, 3.05) is 0 Å². The fraction of sp³-hybridized carbons (Fsp3) is 0.100. The molecule has 0 aliphatic heterocycles. The monoisotopic (exact) mass is 281 g/mol. The first-order chi connectivity index (χ1) is 7.59. The number of carbonyl (C=O) groups is 1. The summed E-state index contributed by atoms with van der Waals surface area (Å²) in [4.78, 5) is 11.0. The smallest absolute Gasteiger partial charge is 0.356 e. The first kappa shape index (κ1) is 10.8. The van der Waals surface area contributed by atoms with Crippen LogP contribution in [0.2, 0.25) is 0 Å². The van der Waals surface area contributed by atoms with Gasteiger partial charge in [0.05, 0.1) is 0 Å². The van der Waals surface area contributed by atoms with Gasteiger partial charge in [0.15, 0.2) is 5.69 Å². The van der Waals surface area contributed by atoms with E-state index in [1.165, 1.54) is 4.68 Å². The number of hydrogen-bond donors (Lipinski definition) is 1. The molecule has 1 aromatic heterocycles. The third-order valence-electron chi connectivity index (χ3n) is 2.15. The van der Waals surface area contributed by atoms with Gasteiger partial charge in [-0.1, -0.05) is 33.3 Å². The van der Waals surface area contributed by atoms with Gasteiger partial charge in [0, 0.05) is 17.1 Å². The van der Waals surface area contributed by atoms with Crippen molar-refractivity contribution < 1.29 is 9.90 Å². The maximum Gasteiger partial charge on any atom is 0.356 e. The molecule has 1 N–H and O–H groups in total. The second-order valence-corrected chi connectivity index (χ2v) is 4.14. The summed E-state index contributed by atoms with van der Waals surface area (Å²) < 4.78 is 2.18. The molecule has 16 heavy (non-hydrogen) atoms. The standard InChI is InChI=1S/C10H8BrN3O2/c1-14-9(10(15)16)8(12-13-14)6-2-4-7(11)5-3-6/h2-5H,1H3,(H,15,16).